The predicted molar refractivity (Wildman–Crippen MR) is 190 cm³/mol. The van der Waals surface area contributed by atoms with Gasteiger partial charge in [-0.05, 0) is 72.9 Å². The molecule has 2 amide bonds. The van der Waals surface area contributed by atoms with Gasteiger partial charge >= 0.3 is 0 Å². The van der Waals surface area contributed by atoms with Crippen molar-refractivity contribution >= 4 is 43.5 Å². The molecule has 248 valence electrons. The second-order valence-electron chi connectivity index (χ2n) is 12.0. The summed E-state index contributed by atoms with van der Waals surface area (Å²) in [6, 6.07) is 27.8. The van der Waals surface area contributed by atoms with E-state index >= 15 is 0 Å². The molecule has 0 aliphatic carbocycles. The minimum absolute atomic E-state index is 0.0357. The van der Waals surface area contributed by atoms with Crippen molar-refractivity contribution in [2.75, 3.05) is 24.5 Å². The number of amides is 2. The number of carbonyl (C=O) groups is 2. The fraction of sp³-hybridized carbons (Fsp3) is 0.297. The van der Waals surface area contributed by atoms with Crippen LogP contribution in [-0.4, -0.2) is 51.4 Å². The first-order valence-corrected chi connectivity index (χ1v) is 17.7. The summed E-state index contributed by atoms with van der Waals surface area (Å²) < 4.78 is 36.3. The lowest BCUT2D eigenvalue weighted by Gasteiger charge is -2.34. The molecular weight excluding hydrogens is 678 g/mol. The molecule has 0 fully saturated rings. The summed E-state index contributed by atoms with van der Waals surface area (Å²) in [6.07, 6.45) is 0.239. The molecule has 0 saturated heterocycles. The number of rotatable bonds is 14. The van der Waals surface area contributed by atoms with Crippen molar-refractivity contribution in [3.05, 3.63) is 124 Å². The van der Waals surface area contributed by atoms with E-state index in [1.54, 1.807) is 24.3 Å². The highest BCUT2D eigenvalue weighted by atomic mass is 79.9. The van der Waals surface area contributed by atoms with Gasteiger partial charge in [0.25, 0.3) is 10.0 Å². The Morgan fingerprint density at radius 1 is 0.851 bits per heavy atom. The zero-order valence-electron chi connectivity index (χ0n) is 27.4. The van der Waals surface area contributed by atoms with Crippen LogP contribution in [0.1, 0.15) is 36.1 Å². The standard InChI is InChI=1S/C37H42BrN3O5S/c1-26(2)23-39-37(43)34(22-29-10-7-6-8-11-29)40(24-30-12-9-13-31(38)21-30)36(42)25-41(33-20-28(4)16-19-35(33)46-5)47(44,45)32-17-14-27(3)15-18-32/h6-21,26,34H,22-25H2,1-5H3,(H,39,43). The summed E-state index contributed by atoms with van der Waals surface area (Å²) in [5, 5.41) is 3.01. The summed E-state index contributed by atoms with van der Waals surface area (Å²) in [5.41, 5.74) is 3.57. The van der Waals surface area contributed by atoms with Crippen LogP contribution < -0.4 is 14.4 Å². The zero-order chi connectivity index (χ0) is 34.1. The van der Waals surface area contributed by atoms with Crippen LogP contribution in [0.15, 0.2) is 106 Å². The Morgan fingerprint density at radius 2 is 1.51 bits per heavy atom. The number of nitrogens with one attached hydrogen (secondary N) is 1. The number of methoxy groups -OCH3 is 1. The number of nitrogens with zero attached hydrogens (tertiary/aromatic N) is 2. The molecule has 0 bridgehead atoms. The van der Waals surface area contributed by atoms with E-state index in [2.05, 4.69) is 21.2 Å². The third kappa shape index (κ3) is 9.45. The van der Waals surface area contributed by atoms with E-state index in [0.717, 1.165) is 31.0 Å². The van der Waals surface area contributed by atoms with Crippen LogP contribution in [0, 0.1) is 19.8 Å². The van der Waals surface area contributed by atoms with Crippen molar-refractivity contribution in [2.24, 2.45) is 5.92 Å². The lowest BCUT2D eigenvalue weighted by atomic mass is 10.0. The van der Waals surface area contributed by atoms with Crippen LogP contribution in [0.5, 0.6) is 5.75 Å². The predicted octanol–water partition coefficient (Wildman–Crippen LogP) is 6.68. The highest BCUT2D eigenvalue weighted by Gasteiger charge is 2.35. The molecule has 0 aliphatic rings. The van der Waals surface area contributed by atoms with Crippen molar-refractivity contribution in [3.63, 3.8) is 0 Å². The number of hydrogen-bond donors (Lipinski definition) is 1. The number of anilines is 1. The van der Waals surface area contributed by atoms with Gasteiger partial charge in [-0.2, -0.15) is 0 Å². The van der Waals surface area contributed by atoms with Crippen LogP contribution in [0.25, 0.3) is 0 Å². The molecule has 0 aromatic heterocycles. The molecule has 4 rings (SSSR count). The Hall–Kier alpha value is -4.15. The van der Waals surface area contributed by atoms with Gasteiger partial charge in [-0.3, -0.25) is 13.9 Å². The number of hydrogen-bond acceptors (Lipinski definition) is 5. The first kappa shape index (κ1) is 35.7. The molecule has 47 heavy (non-hydrogen) atoms. The maximum absolute atomic E-state index is 14.7. The highest BCUT2D eigenvalue weighted by Crippen LogP contribution is 2.34. The average molecular weight is 721 g/mol. The Morgan fingerprint density at radius 3 is 2.15 bits per heavy atom. The number of carbonyl (C=O) groups excluding carboxylic acids is 2. The number of aryl methyl sites for hydroxylation is 2. The Kier molecular flexibility index (Phi) is 12.2. The lowest BCUT2D eigenvalue weighted by molar-refractivity contribution is -0.140. The number of halogens is 1. The average Bonchev–Trinajstić information content (AvgIpc) is 3.04. The summed E-state index contributed by atoms with van der Waals surface area (Å²) >= 11 is 3.52. The van der Waals surface area contributed by atoms with Crippen molar-refractivity contribution in [1.82, 2.24) is 10.2 Å². The summed E-state index contributed by atoms with van der Waals surface area (Å²) in [5.74, 6) is -0.362. The minimum atomic E-state index is -4.26. The zero-order valence-corrected chi connectivity index (χ0v) is 29.8. The summed E-state index contributed by atoms with van der Waals surface area (Å²) in [6.45, 7) is 7.66. The molecule has 0 heterocycles. The largest absolute Gasteiger partial charge is 0.495 e. The van der Waals surface area contributed by atoms with E-state index in [0.29, 0.717) is 12.3 Å². The van der Waals surface area contributed by atoms with Crippen molar-refractivity contribution in [1.29, 1.82) is 0 Å². The van der Waals surface area contributed by atoms with Gasteiger partial charge in [0.1, 0.15) is 18.3 Å². The van der Waals surface area contributed by atoms with E-state index in [9.17, 15) is 18.0 Å². The van der Waals surface area contributed by atoms with Crippen LogP contribution in [0.3, 0.4) is 0 Å². The summed E-state index contributed by atoms with van der Waals surface area (Å²) in [7, 11) is -2.80. The topological polar surface area (TPSA) is 96.0 Å². The monoisotopic (exact) mass is 719 g/mol. The van der Waals surface area contributed by atoms with Gasteiger partial charge in [-0.1, -0.05) is 96.0 Å². The minimum Gasteiger partial charge on any atom is -0.495 e. The first-order chi connectivity index (χ1) is 22.4. The maximum atomic E-state index is 14.7. The van der Waals surface area contributed by atoms with Gasteiger partial charge in [-0.15, -0.1) is 0 Å². The molecule has 4 aromatic rings. The fourth-order valence-electron chi connectivity index (χ4n) is 5.15. The number of sulfonamides is 1. The fourth-order valence-corrected chi connectivity index (χ4v) is 7.02. The van der Waals surface area contributed by atoms with Crippen LogP contribution >= 0.6 is 15.9 Å². The van der Waals surface area contributed by atoms with Crippen LogP contribution in [-0.2, 0) is 32.6 Å². The van der Waals surface area contributed by atoms with E-state index in [4.69, 9.17) is 4.74 Å². The van der Waals surface area contributed by atoms with Crippen molar-refractivity contribution < 1.29 is 22.7 Å². The highest BCUT2D eigenvalue weighted by molar-refractivity contribution is 9.10. The first-order valence-electron chi connectivity index (χ1n) is 15.5. The second-order valence-corrected chi connectivity index (χ2v) is 14.8. The SMILES string of the molecule is COc1ccc(C)cc1N(CC(=O)N(Cc1cccc(Br)c1)C(Cc1ccccc1)C(=O)NCC(C)C)S(=O)(=O)c1ccc(C)cc1. The summed E-state index contributed by atoms with van der Waals surface area (Å²) in [4.78, 5) is 30.2. The third-order valence-corrected chi connectivity index (χ3v) is 9.96. The number of benzene rings is 4. The molecule has 0 spiro atoms. The van der Waals surface area contributed by atoms with Gasteiger partial charge in [0.05, 0.1) is 17.7 Å². The molecule has 1 atom stereocenters. The molecule has 0 radical (unpaired) electrons. The molecule has 10 heteroatoms. The van der Waals surface area contributed by atoms with Crippen LogP contribution in [0.2, 0.25) is 0 Å². The molecule has 0 saturated carbocycles. The van der Waals surface area contributed by atoms with Gasteiger partial charge < -0.3 is 15.0 Å². The van der Waals surface area contributed by atoms with Gasteiger partial charge in [0.2, 0.25) is 11.8 Å². The molecule has 1 N–H and O–H groups in total. The Balaban J connectivity index is 1.85. The quantitative estimate of drug-likeness (QED) is 0.157. The third-order valence-electron chi connectivity index (χ3n) is 7.69. The molecule has 1 unspecified atom stereocenters. The van der Waals surface area contributed by atoms with Gasteiger partial charge in [0.15, 0.2) is 0 Å². The lowest BCUT2D eigenvalue weighted by Crippen LogP contribution is -2.53. The van der Waals surface area contributed by atoms with E-state index in [1.807, 2.05) is 88.4 Å². The molecule has 0 aliphatic heterocycles. The van der Waals surface area contributed by atoms with Crippen molar-refractivity contribution in [2.45, 2.75) is 51.6 Å². The number of ether oxygens (including phenoxy) is 1. The van der Waals surface area contributed by atoms with Crippen molar-refractivity contribution in [3.8, 4) is 5.75 Å². The van der Waals surface area contributed by atoms with E-state index < -0.39 is 28.5 Å². The maximum Gasteiger partial charge on any atom is 0.264 e. The smallest absolute Gasteiger partial charge is 0.264 e. The Bertz CT molecular complexity index is 1780. The Labute approximate surface area is 286 Å². The van der Waals surface area contributed by atoms with Gasteiger partial charge in [0, 0.05) is 24.0 Å². The van der Waals surface area contributed by atoms with Crippen LogP contribution in [0.4, 0.5) is 5.69 Å². The second kappa shape index (κ2) is 16.1. The molecule has 4 aromatic carbocycles. The molecular formula is C37H42BrN3O5S. The van der Waals surface area contributed by atoms with E-state index in [-0.39, 0.29) is 35.4 Å². The molecule has 8 nitrogen and oxygen atoms in total. The normalized spacial score (nSPS) is 12.0. The van der Waals surface area contributed by atoms with Gasteiger partial charge in [-0.25, -0.2) is 8.42 Å². The van der Waals surface area contributed by atoms with E-state index in [1.165, 1.54) is 24.1 Å².